The topological polar surface area (TPSA) is 18.5 Å². The average Bonchev–Trinajstić information content (AvgIpc) is 2.90. The second kappa shape index (κ2) is 12.1. The summed E-state index contributed by atoms with van der Waals surface area (Å²) >= 11 is 0. The third-order valence-corrected chi connectivity index (χ3v) is 6.18. The summed E-state index contributed by atoms with van der Waals surface area (Å²) in [6.07, 6.45) is -0.718. The van der Waals surface area contributed by atoms with Crippen molar-refractivity contribution in [2.75, 3.05) is 13.2 Å². The summed E-state index contributed by atoms with van der Waals surface area (Å²) in [6.45, 7) is 2.54. The first-order valence-electron chi connectivity index (χ1n) is 12.2. The number of ether oxygens (including phenoxy) is 2. The third kappa shape index (κ3) is 7.34. The van der Waals surface area contributed by atoms with E-state index in [1.54, 1.807) is 42.5 Å². The number of benzene rings is 4. The number of hydrogen-bond acceptors (Lipinski definition) is 2. The third-order valence-electron chi connectivity index (χ3n) is 6.18. The van der Waals surface area contributed by atoms with Crippen molar-refractivity contribution in [3.8, 4) is 11.5 Å². The van der Waals surface area contributed by atoms with Crippen LogP contribution in [0.5, 0.6) is 11.5 Å². The second-order valence-electron chi connectivity index (χ2n) is 8.99. The predicted octanol–water partition coefficient (Wildman–Crippen LogP) is 8.19. The van der Waals surface area contributed by atoms with Crippen molar-refractivity contribution in [3.63, 3.8) is 0 Å². The molecule has 0 heterocycles. The van der Waals surface area contributed by atoms with Gasteiger partial charge in [0.1, 0.15) is 29.7 Å². The Labute approximate surface area is 218 Å². The highest BCUT2D eigenvalue weighted by Gasteiger charge is 2.28. The smallest absolute Gasteiger partial charge is 0.422 e. The average molecular weight is 527 g/mol. The zero-order valence-corrected chi connectivity index (χ0v) is 20.7. The van der Waals surface area contributed by atoms with Crippen molar-refractivity contribution in [2.24, 2.45) is 0 Å². The van der Waals surface area contributed by atoms with Gasteiger partial charge in [-0.1, -0.05) is 61.2 Å². The van der Waals surface area contributed by atoms with Gasteiger partial charge in [-0.2, -0.15) is 13.2 Å². The standard InChI is InChI=1S/C31H27F5O2/c1-2-17-37-27-15-12-23(29(32)19-27)8-4-22-7-16-28-25(18-22)11-10-24(30(28)33)9-3-21-5-13-26(14-6-21)38-20-31(34,35)36/h2,5-7,10-16,18-19H,1,3-4,8-9,17,20H2. The van der Waals surface area contributed by atoms with Gasteiger partial charge in [-0.3, -0.25) is 0 Å². The highest BCUT2D eigenvalue weighted by Crippen LogP contribution is 2.26. The molecule has 4 aromatic carbocycles. The van der Waals surface area contributed by atoms with Gasteiger partial charge in [0, 0.05) is 11.5 Å². The minimum absolute atomic E-state index is 0.135. The molecule has 0 aliphatic rings. The number of alkyl halides is 3. The second-order valence-corrected chi connectivity index (χ2v) is 8.99. The molecule has 0 unspecified atom stereocenters. The maximum Gasteiger partial charge on any atom is 0.422 e. The normalized spacial score (nSPS) is 11.5. The fraction of sp³-hybridized carbons (Fsp3) is 0.226. The molecule has 38 heavy (non-hydrogen) atoms. The Bertz CT molecular complexity index is 1390. The minimum Gasteiger partial charge on any atom is -0.489 e. The molecule has 0 N–H and O–H groups in total. The molecule has 0 saturated heterocycles. The van der Waals surface area contributed by atoms with E-state index in [0.29, 0.717) is 54.6 Å². The van der Waals surface area contributed by atoms with E-state index in [4.69, 9.17) is 9.47 Å². The van der Waals surface area contributed by atoms with Gasteiger partial charge in [-0.25, -0.2) is 8.78 Å². The van der Waals surface area contributed by atoms with Crippen LogP contribution in [0.2, 0.25) is 0 Å². The van der Waals surface area contributed by atoms with Crippen molar-refractivity contribution in [1.82, 2.24) is 0 Å². The molecule has 0 radical (unpaired) electrons. The van der Waals surface area contributed by atoms with Crippen molar-refractivity contribution >= 4 is 10.8 Å². The van der Waals surface area contributed by atoms with E-state index >= 15 is 4.39 Å². The lowest BCUT2D eigenvalue weighted by Gasteiger charge is -2.11. The molecule has 0 fully saturated rings. The molecule has 0 spiro atoms. The monoisotopic (exact) mass is 526 g/mol. The van der Waals surface area contributed by atoms with Crippen LogP contribution < -0.4 is 9.47 Å². The van der Waals surface area contributed by atoms with E-state index in [1.165, 1.54) is 18.2 Å². The Hall–Kier alpha value is -3.87. The van der Waals surface area contributed by atoms with Gasteiger partial charge in [0.15, 0.2) is 6.61 Å². The highest BCUT2D eigenvalue weighted by atomic mass is 19.4. The fourth-order valence-electron chi connectivity index (χ4n) is 4.19. The molecule has 7 heteroatoms. The van der Waals surface area contributed by atoms with Crippen LogP contribution in [0.25, 0.3) is 10.8 Å². The summed E-state index contributed by atoms with van der Waals surface area (Å²) < 4.78 is 76.6. The molecular formula is C31H27F5O2. The van der Waals surface area contributed by atoms with Gasteiger partial charge in [-0.05, 0) is 71.5 Å². The number of aryl methyl sites for hydroxylation is 4. The lowest BCUT2D eigenvalue weighted by atomic mass is 9.97. The van der Waals surface area contributed by atoms with Crippen LogP contribution in [0.4, 0.5) is 22.0 Å². The zero-order chi connectivity index (χ0) is 27.1. The number of rotatable bonds is 11. The van der Waals surface area contributed by atoms with Gasteiger partial charge < -0.3 is 9.47 Å². The van der Waals surface area contributed by atoms with Crippen LogP contribution in [0, 0.1) is 11.6 Å². The van der Waals surface area contributed by atoms with Gasteiger partial charge in [-0.15, -0.1) is 0 Å². The maximum absolute atomic E-state index is 15.2. The summed E-state index contributed by atoms with van der Waals surface area (Å²) in [5.74, 6) is -0.0296. The van der Waals surface area contributed by atoms with E-state index < -0.39 is 12.8 Å². The van der Waals surface area contributed by atoms with Gasteiger partial charge in [0.25, 0.3) is 0 Å². The molecule has 4 aromatic rings. The van der Waals surface area contributed by atoms with E-state index in [9.17, 15) is 17.6 Å². The molecule has 2 nitrogen and oxygen atoms in total. The summed E-state index contributed by atoms with van der Waals surface area (Å²) in [5, 5.41) is 1.28. The van der Waals surface area contributed by atoms with Crippen LogP contribution in [-0.4, -0.2) is 19.4 Å². The molecule has 0 aromatic heterocycles. The SMILES string of the molecule is C=CCOc1ccc(CCc2ccc3c(F)c(CCc4ccc(OCC(F)(F)F)cc4)ccc3c2)c(F)c1. The Morgan fingerprint density at radius 3 is 2.05 bits per heavy atom. The maximum atomic E-state index is 15.2. The van der Waals surface area contributed by atoms with Crippen molar-refractivity contribution < 1.29 is 31.4 Å². The van der Waals surface area contributed by atoms with E-state index in [1.807, 2.05) is 18.2 Å². The van der Waals surface area contributed by atoms with Crippen LogP contribution in [-0.2, 0) is 25.7 Å². The number of hydrogen-bond donors (Lipinski definition) is 0. The van der Waals surface area contributed by atoms with Gasteiger partial charge >= 0.3 is 6.18 Å². The largest absolute Gasteiger partial charge is 0.489 e. The molecular weight excluding hydrogens is 499 g/mol. The quantitative estimate of drug-likeness (QED) is 0.145. The zero-order valence-electron chi connectivity index (χ0n) is 20.7. The molecule has 0 atom stereocenters. The van der Waals surface area contributed by atoms with Crippen molar-refractivity contribution in [3.05, 3.63) is 119 Å². The predicted molar refractivity (Wildman–Crippen MR) is 139 cm³/mol. The Balaban J connectivity index is 1.37. The molecule has 198 valence electrons. The van der Waals surface area contributed by atoms with Gasteiger partial charge in [0.2, 0.25) is 0 Å². The van der Waals surface area contributed by atoms with Crippen LogP contribution in [0.15, 0.2) is 85.5 Å². The summed E-state index contributed by atoms with van der Waals surface area (Å²) in [4.78, 5) is 0. The molecule has 0 aliphatic heterocycles. The summed E-state index contributed by atoms with van der Waals surface area (Å²) in [7, 11) is 0. The molecule has 4 rings (SSSR count). The van der Waals surface area contributed by atoms with Crippen molar-refractivity contribution in [1.29, 1.82) is 0 Å². The Morgan fingerprint density at radius 2 is 1.34 bits per heavy atom. The van der Waals surface area contributed by atoms with Crippen LogP contribution in [0.1, 0.15) is 22.3 Å². The highest BCUT2D eigenvalue weighted by molar-refractivity contribution is 5.84. The molecule has 0 aliphatic carbocycles. The van der Waals surface area contributed by atoms with E-state index in [0.717, 1.165) is 16.5 Å². The molecule has 0 bridgehead atoms. The fourth-order valence-corrected chi connectivity index (χ4v) is 4.19. The van der Waals surface area contributed by atoms with Crippen molar-refractivity contribution in [2.45, 2.75) is 31.9 Å². The summed E-state index contributed by atoms with van der Waals surface area (Å²) in [6, 6.07) is 20.3. The first-order chi connectivity index (χ1) is 18.2. The van der Waals surface area contributed by atoms with Crippen LogP contribution in [0.3, 0.4) is 0 Å². The van der Waals surface area contributed by atoms with Crippen LogP contribution >= 0.6 is 0 Å². The lowest BCUT2D eigenvalue weighted by Crippen LogP contribution is -2.19. The summed E-state index contributed by atoms with van der Waals surface area (Å²) in [5.41, 5.74) is 2.98. The first kappa shape index (κ1) is 27.2. The minimum atomic E-state index is -4.39. The van der Waals surface area contributed by atoms with E-state index in [2.05, 4.69) is 6.58 Å². The lowest BCUT2D eigenvalue weighted by molar-refractivity contribution is -0.153. The van der Waals surface area contributed by atoms with Gasteiger partial charge in [0.05, 0.1) is 0 Å². The molecule has 0 amide bonds. The Morgan fingerprint density at radius 1 is 0.684 bits per heavy atom. The Kier molecular flexibility index (Phi) is 8.66. The number of halogens is 5. The molecule has 0 saturated carbocycles. The first-order valence-corrected chi connectivity index (χ1v) is 12.2. The van der Waals surface area contributed by atoms with E-state index in [-0.39, 0.29) is 17.4 Å². The number of fused-ring (bicyclic) bond motifs is 1.